The van der Waals surface area contributed by atoms with E-state index in [1.807, 2.05) is 0 Å². The van der Waals surface area contributed by atoms with E-state index in [4.69, 9.17) is 0 Å². The molecule has 3 nitrogen and oxygen atoms in total. The highest BCUT2D eigenvalue weighted by Gasteiger charge is 1.66. The van der Waals surface area contributed by atoms with E-state index in [0.29, 0.717) is 12.6 Å². The van der Waals surface area contributed by atoms with E-state index in [-0.39, 0.29) is 6.54 Å². The van der Waals surface area contributed by atoms with Gasteiger partial charge in [-0.1, -0.05) is 0 Å². The molecule has 0 bridgehead atoms. The molecule has 38 valence electrons. The lowest BCUT2D eigenvalue weighted by Gasteiger charge is -1.68. The zero-order valence-corrected chi connectivity index (χ0v) is 3.70. The maximum Gasteiger partial charge on any atom is 0.160 e. The normalized spacial score (nSPS) is 9.14. The first-order valence-electron chi connectivity index (χ1n) is 1.79. The van der Waals surface area contributed by atoms with Gasteiger partial charge in [-0.25, -0.2) is 0 Å². The van der Waals surface area contributed by atoms with Crippen molar-refractivity contribution in [3.8, 4) is 0 Å². The SMILES string of the molecule is O=CC=NCC=O. The van der Waals surface area contributed by atoms with Crippen molar-refractivity contribution in [2.45, 2.75) is 0 Å². The van der Waals surface area contributed by atoms with Gasteiger partial charge >= 0.3 is 0 Å². The summed E-state index contributed by atoms with van der Waals surface area (Å²) in [5.41, 5.74) is 0. The topological polar surface area (TPSA) is 46.5 Å². The summed E-state index contributed by atoms with van der Waals surface area (Å²) in [5, 5.41) is 0. The molecule has 0 saturated heterocycles. The molecule has 0 aromatic heterocycles. The number of carbonyl (C=O) groups excluding carboxylic acids is 2. The van der Waals surface area contributed by atoms with Crippen molar-refractivity contribution in [1.29, 1.82) is 0 Å². The molecular weight excluding hydrogens is 94.0 g/mol. The van der Waals surface area contributed by atoms with Crippen LogP contribution in [0.15, 0.2) is 4.99 Å². The third-order valence-electron chi connectivity index (χ3n) is 0.346. The average molecular weight is 99.1 g/mol. The van der Waals surface area contributed by atoms with Gasteiger partial charge in [0.25, 0.3) is 0 Å². The van der Waals surface area contributed by atoms with Crippen LogP contribution in [0.25, 0.3) is 0 Å². The summed E-state index contributed by atoms with van der Waals surface area (Å²) in [4.78, 5) is 22.2. The highest BCUT2D eigenvalue weighted by Crippen LogP contribution is 1.54. The molecule has 0 aromatic carbocycles. The van der Waals surface area contributed by atoms with E-state index in [9.17, 15) is 9.59 Å². The molecule has 3 heteroatoms. The van der Waals surface area contributed by atoms with E-state index in [1.54, 1.807) is 0 Å². The molecule has 0 aliphatic heterocycles. The molecule has 0 unspecified atom stereocenters. The molecule has 0 saturated carbocycles. The molecule has 0 aromatic rings. The molecular formula is C4H5NO2. The van der Waals surface area contributed by atoms with Crippen molar-refractivity contribution in [2.75, 3.05) is 6.54 Å². The summed E-state index contributed by atoms with van der Waals surface area (Å²) in [6, 6.07) is 0. The Morgan fingerprint density at radius 3 is 2.57 bits per heavy atom. The van der Waals surface area contributed by atoms with Crippen molar-refractivity contribution in [2.24, 2.45) is 4.99 Å². The van der Waals surface area contributed by atoms with Crippen LogP contribution in [0.1, 0.15) is 0 Å². The maximum absolute atomic E-state index is 9.45. The smallest absolute Gasteiger partial charge is 0.160 e. The second-order valence-corrected chi connectivity index (χ2v) is 0.817. The number of hydrogen-bond donors (Lipinski definition) is 0. The average Bonchev–Trinajstić information content (AvgIpc) is 1.69. The lowest BCUT2D eigenvalue weighted by atomic mass is 10.7. The Balaban J connectivity index is 3.08. The quantitative estimate of drug-likeness (QED) is 0.352. The minimum atomic E-state index is 0.0821. The van der Waals surface area contributed by atoms with Crippen LogP contribution in [-0.4, -0.2) is 25.3 Å². The Kier molecular flexibility index (Phi) is 4.30. The van der Waals surface area contributed by atoms with Gasteiger partial charge in [0.2, 0.25) is 0 Å². The van der Waals surface area contributed by atoms with E-state index in [2.05, 4.69) is 4.99 Å². The number of aldehydes is 2. The van der Waals surface area contributed by atoms with Gasteiger partial charge in [0, 0.05) is 0 Å². The molecule has 0 spiro atoms. The van der Waals surface area contributed by atoms with E-state index < -0.39 is 0 Å². The Morgan fingerprint density at radius 2 is 2.14 bits per heavy atom. The first-order valence-corrected chi connectivity index (χ1v) is 1.79. The van der Waals surface area contributed by atoms with Gasteiger partial charge in [0.05, 0.1) is 12.8 Å². The minimum Gasteiger partial charge on any atom is -0.301 e. The van der Waals surface area contributed by atoms with Gasteiger partial charge in [0.1, 0.15) is 6.29 Å². The largest absolute Gasteiger partial charge is 0.301 e. The molecule has 7 heavy (non-hydrogen) atoms. The highest BCUT2D eigenvalue weighted by molar-refractivity contribution is 6.13. The van der Waals surface area contributed by atoms with Crippen molar-refractivity contribution in [3.05, 3.63) is 0 Å². The molecule has 0 rings (SSSR count). The predicted molar refractivity (Wildman–Crippen MR) is 25.5 cm³/mol. The molecule has 0 fully saturated rings. The Morgan fingerprint density at radius 1 is 1.43 bits per heavy atom. The Hall–Kier alpha value is -0.990. The zero-order chi connectivity index (χ0) is 5.54. The third kappa shape index (κ3) is 5.01. The number of carbonyl (C=O) groups is 2. The summed E-state index contributed by atoms with van der Waals surface area (Å²) in [6.07, 6.45) is 2.21. The third-order valence-corrected chi connectivity index (χ3v) is 0.346. The van der Waals surface area contributed by atoms with Gasteiger partial charge in [0.15, 0.2) is 6.29 Å². The molecule has 0 atom stereocenters. The molecule has 0 radical (unpaired) electrons. The molecule has 0 heterocycles. The summed E-state index contributed by atoms with van der Waals surface area (Å²) >= 11 is 0. The zero-order valence-electron chi connectivity index (χ0n) is 3.70. The van der Waals surface area contributed by atoms with Crippen molar-refractivity contribution < 1.29 is 9.59 Å². The van der Waals surface area contributed by atoms with Gasteiger partial charge < -0.3 is 4.79 Å². The number of nitrogens with zero attached hydrogens (tertiary/aromatic N) is 1. The molecule has 0 amide bonds. The number of rotatable bonds is 3. The van der Waals surface area contributed by atoms with Crippen LogP contribution in [0.2, 0.25) is 0 Å². The maximum atomic E-state index is 9.45. The number of hydrogen-bond acceptors (Lipinski definition) is 3. The van der Waals surface area contributed by atoms with Crippen molar-refractivity contribution in [1.82, 2.24) is 0 Å². The highest BCUT2D eigenvalue weighted by atomic mass is 16.1. The van der Waals surface area contributed by atoms with Crippen LogP contribution < -0.4 is 0 Å². The second-order valence-electron chi connectivity index (χ2n) is 0.817. The van der Waals surface area contributed by atoms with Crippen LogP contribution in [-0.2, 0) is 9.59 Å². The minimum absolute atomic E-state index is 0.0821. The summed E-state index contributed by atoms with van der Waals surface area (Å²) in [5.74, 6) is 0. The summed E-state index contributed by atoms with van der Waals surface area (Å²) in [6.45, 7) is 0.0821. The fourth-order valence-corrected chi connectivity index (χ4v) is 0.147. The van der Waals surface area contributed by atoms with E-state index >= 15 is 0 Å². The van der Waals surface area contributed by atoms with Gasteiger partial charge in [-0.3, -0.25) is 9.79 Å². The van der Waals surface area contributed by atoms with Gasteiger partial charge in [-0.2, -0.15) is 0 Å². The monoisotopic (exact) mass is 99.0 g/mol. The van der Waals surface area contributed by atoms with Crippen LogP contribution in [0.3, 0.4) is 0 Å². The lowest BCUT2D eigenvalue weighted by molar-refractivity contribution is -0.106. The van der Waals surface area contributed by atoms with E-state index in [0.717, 1.165) is 6.21 Å². The molecule has 0 aliphatic rings. The van der Waals surface area contributed by atoms with Crippen LogP contribution in [0.4, 0.5) is 0 Å². The molecule has 0 aliphatic carbocycles. The first-order chi connectivity index (χ1) is 3.41. The van der Waals surface area contributed by atoms with Crippen LogP contribution in [0.5, 0.6) is 0 Å². The molecule has 0 N–H and O–H groups in total. The Labute approximate surface area is 41.1 Å². The van der Waals surface area contributed by atoms with Gasteiger partial charge in [-0.15, -0.1) is 0 Å². The fraction of sp³-hybridized carbons (Fsp3) is 0.250. The Bertz CT molecular complexity index is 87.7. The van der Waals surface area contributed by atoms with Gasteiger partial charge in [-0.05, 0) is 0 Å². The first kappa shape index (κ1) is 6.01. The van der Waals surface area contributed by atoms with Crippen molar-refractivity contribution in [3.63, 3.8) is 0 Å². The standard InChI is InChI=1S/C4H5NO2/c6-3-1-5-2-4-7/h1,3-4H,2H2. The lowest BCUT2D eigenvalue weighted by Crippen LogP contribution is -1.80. The second kappa shape index (κ2) is 5.01. The van der Waals surface area contributed by atoms with Crippen LogP contribution in [0, 0.1) is 0 Å². The van der Waals surface area contributed by atoms with E-state index in [1.165, 1.54) is 0 Å². The summed E-state index contributed by atoms with van der Waals surface area (Å²) in [7, 11) is 0. The van der Waals surface area contributed by atoms with Crippen molar-refractivity contribution >= 4 is 18.8 Å². The summed E-state index contributed by atoms with van der Waals surface area (Å²) < 4.78 is 0. The predicted octanol–water partition coefficient (Wildman–Crippen LogP) is -0.545. The van der Waals surface area contributed by atoms with Crippen LogP contribution >= 0.6 is 0 Å². The number of aliphatic imine (C=N–C) groups is 1. The fourth-order valence-electron chi connectivity index (χ4n) is 0.147.